The molecule has 0 spiro atoms. The lowest BCUT2D eigenvalue weighted by Gasteiger charge is -2.26. The second-order valence-corrected chi connectivity index (χ2v) is 6.28. The Morgan fingerprint density at radius 3 is 2.56 bits per heavy atom. The molecule has 0 atom stereocenters. The van der Waals surface area contributed by atoms with E-state index in [1.54, 1.807) is 12.1 Å². The van der Waals surface area contributed by atoms with Crippen LogP contribution in [0.4, 0.5) is 0 Å². The Balaban J connectivity index is 2.40. The zero-order valence-corrected chi connectivity index (χ0v) is 10.1. The second-order valence-electron chi connectivity index (χ2n) is 3.67. The Morgan fingerprint density at radius 2 is 2.12 bits per heavy atom. The summed E-state index contributed by atoms with van der Waals surface area (Å²) in [4.78, 5) is 0.166. The van der Waals surface area contributed by atoms with E-state index in [4.69, 9.17) is 22.1 Å². The van der Waals surface area contributed by atoms with Crippen LogP contribution < -0.4 is 5.73 Å². The van der Waals surface area contributed by atoms with E-state index in [0.29, 0.717) is 6.54 Å². The fourth-order valence-corrected chi connectivity index (χ4v) is 3.50. The summed E-state index contributed by atoms with van der Waals surface area (Å²) in [5.74, 6) is 0. The van der Waals surface area contributed by atoms with Gasteiger partial charge in [0.15, 0.2) is 9.84 Å². The van der Waals surface area contributed by atoms with Crippen molar-refractivity contribution in [1.29, 1.82) is 0 Å². The average Bonchev–Trinajstić information content (AvgIpc) is 2.13. The van der Waals surface area contributed by atoms with Crippen LogP contribution in [-0.2, 0) is 21.1 Å². The van der Waals surface area contributed by atoms with Crippen molar-refractivity contribution >= 4 is 21.4 Å². The second kappa shape index (κ2) is 4.33. The zero-order chi connectivity index (χ0) is 11.8. The Morgan fingerprint density at radius 1 is 1.44 bits per heavy atom. The van der Waals surface area contributed by atoms with Crippen molar-refractivity contribution in [3.63, 3.8) is 0 Å². The van der Waals surface area contributed by atoms with Gasteiger partial charge in [0, 0.05) is 6.54 Å². The maximum Gasteiger partial charge on any atom is 0.187 e. The van der Waals surface area contributed by atoms with E-state index in [2.05, 4.69) is 0 Å². The Kier molecular flexibility index (Phi) is 3.21. The van der Waals surface area contributed by atoms with Gasteiger partial charge in [-0.2, -0.15) is 0 Å². The molecule has 1 aliphatic heterocycles. The molecule has 1 aromatic carbocycles. The fraction of sp³-hybridized carbons (Fsp3) is 0.400. The summed E-state index contributed by atoms with van der Waals surface area (Å²) < 4.78 is 29.0. The summed E-state index contributed by atoms with van der Waals surface area (Å²) in [5, 5.41) is -0.233. The third kappa shape index (κ3) is 1.96. The predicted octanol–water partition coefficient (Wildman–Crippen LogP) is 0.971. The number of rotatable bonds is 3. The third-order valence-corrected chi connectivity index (χ3v) is 5.13. The molecule has 0 amide bonds. The van der Waals surface area contributed by atoms with Crippen molar-refractivity contribution in [1.82, 2.24) is 0 Å². The molecule has 1 aromatic rings. The van der Waals surface area contributed by atoms with Crippen molar-refractivity contribution < 1.29 is 13.2 Å². The molecule has 6 heteroatoms. The number of benzene rings is 1. The SMILES string of the molecule is NCc1ccc(S(=O)(=O)C2COC2)c(Cl)c1. The van der Waals surface area contributed by atoms with Gasteiger partial charge in [0.25, 0.3) is 0 Å². The topological polar surface area (TPSA) is 69.4 Å². The number of sulfone groups is 1. The van der Waals surface area contributed by atoms with Gasteiger partial charge in [-0.3, -0.25) is 0 Å². The molecule has 1 saturated heterocycles. The van der Waals surface area contributed by atoms with Gasteiger partial charge < -0.3 is 10.5 Å². The molecule has 16 heavy (non-hydrogen) atoms. The molecule has 2 rings (SSSR count). The van der Waals surface area contributed by atoms with Crippen molar-refractivity contribution in [2.24, 2.45) is 5.73 Å². The zero-order valence-electron chi connectivity index (χ0n) is 8.52. The number of ether oxygens (including phenoxy) is 1. The third-order valence-electron chi connectivity index (χ3n) is 2.58. The van der Waals surface area contributed by atoms with Crippen LogP contribution in [0.2, 0.25) is 5.02 Å². The van der Waals surface area contributed by atoms with Crippen LogP contribution in [0.15, 0.2) is 23.1 Å². The van der Waals surface area contributed by atoms with Gasteiger partial charge >= 0.3 is 0 Å². The summed E-state index contributed by atoms with van der Waals surface area (Å²) in [6.45, 7) is 0.835. The minimum atomic E-state index is -3.36. The first-order valence-corrected chi connectivity index (χ1v) is 6.78. The van der Waals surface area contributed by atoms with E-state index in [9.17, 15) is 8.42 Å². The van der Waals surface area contributed by atoms with Crippen molar-refractivity contribution in [3.8, 4) is 0 Å². The van der Waals surface area contributed by atoms with Crippen LogP contribution in [0, 0.1) is 0 Å². The summed E-state index contributed by atoms with van der Waals surface area (Å²) in [5.41, 5.74) is 6.26. The smallest absolute Gasteiger partial charge is 0.187 e. The first kappa shape index (κ1) is 11.9. The van der Waals surface area contributed by atoms with E-state index in [1.807, 2.05) is 0 Å². The highest BCUT2D eigenvalue weighted by Gasteiger charge is 2.35. The molecule has 1 heterocycles. The van der Waals surface area contributed by atoms with Crippen LogP contribution >= 0.6 is 11.6 Å². The molecule has 4 nitrogen and oxygen atoms in total. The van der Waals surface area contributed by atoms with E-state index >= 15 is 0 Å². The Labute approximate surface area is 99.3 Å². The van der Waals surface area contributed by atoms with E-state index in [-0.39, 0.29) is 23.1 Å². The molecule has 0 bridgehead atoms. The number of nitrogens with two attached hydrogens (primary N) is 1. The van der Waals surface area contributed by atoms with Gasteiger partial charge in [-0.05, 0) is 17.7 Å². The molecule has 0 unspecified atom stereocenters. The van der Waals surface area contributed by atoms with Gasteiger partial charge in [-0.1, -0.05) is 17.7 Å². The predicted molar refractivity (Wildman–Crippen MR) is 61.1 cm³/mol. The van der Waals surface area contributed by atoms with Crippen LogP contribution in [0.25, 0.3) is 0 Å². The van der Waals surface area contributed by atoms with Crippen LogP contribution in [0.3, 0.4) is 0 Å². The molecule has 1 aliphatic rings. The molecule has 2 N–H and O–H groups in total. The number of halogens is 1. The summed E-state index contributed by atoms with van der Waals surface area (Å²) >= 11 is 5.94. The average molecular weight is 262 g/mol. The Bertz CT molecular complexity index is 497. The standard InChI is InChI=1S/C10H12ClNO3S/c11-9-3-7(4-12)1-2-10(9)16(13,14)8-5-15-6-8/h1-3,8H,4-6,12H2. The number of hydrogen-bond acceptors (Lipinski definition) is 4. The Hall–Kier alpha value is -0.620. The molecule has 0 aliphatic carbocycles. The normalized spacial score (nSPS) is 17.1. The fourth-order valence-electron chi connectivity index (χ4n) is 1.47. The van der Waals surface area contributed by atoms with E-state index in [0.717, 1.165) is 5.56 Å². The molecule has 0 saturated carbocycles. The lowest BCUT2D eigenvalue weighted by Crippen LogP contribution is -2.40. The largest absolute Gasteiger partial charge is 0.379 e. The molecular formula is C10H12ClNO3S. The van der Waals surface area contributed by atoms with Crippen molar-refractivity contribution in [2.75, 3.05) is 13.2 Å². The van der Waals surface area contributed by atoms with Crippen LogP contribution in [0.1, 0.15) is 5.56 Å². The van der Waals surface area contributed by atoms with E-state index in [1.165, 1.54) is 6.07 Å². The molecular weight excluding hydrogens is 250 g/mol. The van der Waals surface area contributed by atoms with Crippen molar-refractivity contribution in [3.05, 3.63) is 28.8 Å². The molecule has 0 aromatic heterocycles. The minimum Gasteiger partial charge on any atom is -0.379 e. The highest BCUT2D eigenvalue weighted by molar-refractivity contribution is 7.92. The first-order chi connectivity index (χ1) is 7.55. The first-order valence-electron chi connectivity index (χ1n) is 4.86. The summed E-state index contributed by atoms with van der Waals surface area (Å²) in [6, 6.07) is 4.78. The van der Waals surface area contributed by atoms with Gasteiger partial charge in [-0.25, -0.2) is 8.42 Å². The van der Waals surface area contributed by atoms with E-state index < -0.39 is 15.1 Å². The van der Waals surface area contributed by atoms with Crippen LogP contribution in [-0.4, -0.2) is 26.9 Å². The van der Waals surface area contributed by atoms with Crippen molar-refractivity contribution in [2.45, 2.75) is 16.7 Å². The lowest BCUT2D eigenvalue weighted by molar-refractivity contribution is 0.0416. The quantitative estimate of drug-likeness (QED) is 0.880. The van der Waals surface area contributed by atoms with Gasteiger partial charge in [-0.15, -0.1) is 0 Å². The molecule has 0 radical (unpaired) electrons. The molecule has 1 fully saturated rings. The molecule has 88 valence electrons. The van der Waals surface area contributed by atoms with Crippen LogP contribution in [0.5, 0.6) is 0 Å². The minimum absolute atomic E-state index is 0.166. The number of hydrogen-bond donors (Lipinski definition) is 1. The maximum atomic E-state index is 12.0. The monoisotopic (exact) mass is 261 g/mol. The summed E-state index contributed by atoms with van der Waals surface area (Å²) in [6.07, 6.45) is 0. The van der Waals surface area contributed by atoms with Gasteiger partial charge in [0.2, 0.25) is 0 Å². The van der Waals surface area contributed by atoms with Gasteiger partial charge in [0.1, 0.15) is 5.25 Å². The lowest BCUT2D eigenvalue weighted by atomic mass is 10.2. The maximum absolute atomic E-state index is 12.0. The highest BCUT2D eigenvalue weighted by atomic mass is 35.5. The summed E-state index contributed by atoms with van der Waals surface area (Å²) in [7, 11) is -3.36. The highest BCUT2D eigenvalue weighted by Crippen LogP contribution is 2.28. The van der Waals surface area contributed by atoms with Gasteiger partial charge in [0.05, 0.1) is 23.1 Å².